The molecule has 6 heteroatoms. The number of hydrogen-bond donors (Lipinski definition) is 2. The third-order valence-electron chi connectivity index (χ3n) is 5.58. The summed E-state index contributed by atoms with van der Waals surface area (Å²) in [5.74, 6) is -0.111. The first-order valence-electron chi connectivity index (χ1n) is 8.14. The molecule has 1 heterocycles. The maximum absolute atomic E-state index is 12.0. The maximum atomic E-state index is 12.0. The molecule has 2 bridgehead atoms. The molecule has 0 aromatic carbocycles. The Balaban J connectivity index is 1.46. The van der Waals surface area contributed by atoms with Gasteiger partial charge in [-0.15, -0.1) is 0 Å². The Morgan fingerprint density at radius 1 is 1.39 bits per heavy atom. The van der Waals surface area contributed by atoms with Gasteiger partial charge in [0, 0.05) is 18.9 Å². The van der Waals surface area contributed by atoms with E-state index >= 15 is 0 Å². The minimum atomic E-state index is -0.594. The van der Waals surface area contributed by atoms with Gasteiger partial charge in [0.2, 0.25) is 0 Å². The van der Waals surface area contributed by atoms with Gasteiger partial charge in [-0.1, -0.05) is 26.0 Å². The average Bonchev–Trinajstić information content (AvgIpc) is 3.01. The molecule has 23 heavy (non-hydrogen) atoms. The van der Waals surface area contributed by atoms with E-state index in [1.54, 1.807) is 10.9 Å². The van der Waals surface area contributed by atoms with Crippen molar-refractivity contribution in [1.29, 1.82) is 0 Å². The Morgan fingerprint density at radius 2 is 2.17 bits per heavy atom. The number of nitrogens with zero attached hydrogens (tertiary/aromatic N) is 2. The first kappa shape index (κ1) is 15.8. The van der Waals surface area contributed by atoms with Crippen LogP contribution in [0.4, 0.5) is 0 Å². The van der Waals surface area contributed by atoms with Gasteiger partial charge in [0.15, 0.2) is 0 Å². The van der Waals surface area contributed by atoms with Crippen LogP contribution in [-0.4, -0.2) is 34.2 Å². The van der Waals surface area contributed by atoms with E-state index in [4.69, 9.17) is 0 Å². The van der Waals surface area contributed by atoms with E-state index in [0.717, 1.165) is 18.4 Å². The van der Waals surface area contributed by atoms with Crippen LogP contribution in [0.25, 0.3) is 0 Å². The second kappa shape index (κ2) is 5.83. The molecule has 3 aliphatic rings. The fraction of sp³-hybridized carbons (Fsp3) is 0.588. The van der Waals surface area contributed by atoms with Gasteiger partial charge in [-0.3, -0.25) is 14.3 Å². The highest BCUT2D eigenvalue weighted by Gasteiger charge is 2.54. The van der Waals surface area contributed by atoms with Crippen molar-refractivity contribution in [2.45, 2.75) is 39.3 Å². The summed E-state index contributed by atoms with van der Waals surface area (Å²) in [6.45, 7) is 9.60. The summed E-state index contributed by atoms with van der Waals surface area (Å²) < 4.78 is 1.71. The van der Waals surface area contributed by atoms with Crippen LogP contribution in [0.1, 0.15) is 26.7 Å². The lowest BCUT2D eigenvalue weighted by Gasteiger charge is -2.59. The molecule has 2 N–H and O–H groups in total. The van der Waals surface area contributed by atoms with Gasteiger partial charge in [-0.05, 0) is 36.2 Å². The van der Waals surface area contributed by atoms with E-state index in [1.165, 1.54) is 0 Å². The molecular weight excluding hydrogens is 292 g/mol. The van der Waals surface area contributed by atoms with Crippen molar-refractivity contribution in [2.75, 3.05) is 6.54 Å². The fourth-order valence-electron chi connectivity index (χ4n) is 3.90. The van der Waals surface area contributed by atoms with Crippen LogP contribution in [-0.2, 0) is 16.1 Å². The van der Waals surface area contributed by atoms with Gasteiger partial charge in [-0.2, -0.15) is 5.10 Å². The topological polar surface area (TPSA) is 76.0 Å². The minimum absolute atomic E-state index is 0.0730. The van der Waals surface area contributed by atoms with Gasteiger partial charge < -0.3 is 10.6 Å². The maximum Gasteiger partial charge on any atom is 0.309 e. The predicted molar refractivity (Wildman–Crippen MR) is 86.3 cm³/mol. The van der Waals surface area contributed by atoms with Gasteiger partial charge in [-0.25, -0.2) is 0 Å². The molecule has 4 rings (SSSR count). The third kappa shape index (κ3) is 2.90. The third-order valence-corrected chi connectivity index (χ3v) is 5.58. The normalized spacial score (nSPS) is 27.9. The molecule has 1 unspecified atom stereocenters. The second-order valence-corrected chi connectivity index (χ2v) is 7.17. The molecule has 0 saturated heterocycles. The Kier molecular flexibility index (Phi) is 4.00. The number of carbonyl (C=O) groups is 2. The molecule has 6 nitrogen and oxygen atoms in total. The summed E-state index contributed by atoms with van der Waals surface area (Å²) in [6, 6.07) is 1.74. The van der Waals surface area contributed by atoms with E-state index in [9.17, 15) is 9.59 Å². The molecule has 1 aromatic rings. The van der Waals surface area contributed by atoms with Crippen LogP contribution in [0.3, 0.4) is 0 Å². The molecule has 0 spiro atoms. The number of fused-ring (bicyclic) bond motifs is 2. The van der Waals surface area contributed by atoms with Gasteiger partial charge >= 0.3 is 11.8 Å². The van der Waals surface area contributed by atoms with Gasteiger partial charge in [0.25, 0.3) is 0 Å². The lowest BCUT2D eigenvalue weighted by Crippen LogP contribution is -2.58. The Morgan fingerprint density at radius 3 is 2.78 bits per heavy atom. The zero-order chi connectivity index (χ0) is 16.6. The van der Waals surface area contributed by atoms with E-state index in [2.05, 4.69) is 36.2 Å². The van der Waals surface area contributed by atoms with Crippen molar-refractivity contribution in [3.63, 3.8) is 0 Å². The van der Waals surface area contributed by atoms with Crippen LogP contribution < -0.4 is 10.6 Å². The van der Waals surface area contributed by atoms with Crippen molar-refractivity contribution in [1.82, 2.24) is 20.4 Å². The summed E-state index contributed by atoms with van der Waals surface area (Å²) >= 11 is 0. The van der Waals surface area contributed by atoms with Crippen LogP contribution in [0.5, 0.6) is 0 Å². The Bertz CT molecular complexity index is 621. The van der Waals surface area contributed by atoms with Crippen molar-refractivity contribution in [3.05, 3.63) is 30.6 Å². The highest BCUT2D eigenvalue weighted by molar-refractivity contribution is 6.35. The molecular formula is C17H24N4O2. The first-order chi connectivity index (χ1) is 10.9. The Hall–Kier alpha value is -2.11. The summed E-state index contributed by atoms with van der Waals surface area (Å²) in [5.41, 5.74) is 1.35. The smallest absolute Gasteiger partial charge is 0.309 e. The highest BCUT2D eigenvalue weighted by atomic mass is 16.2. The number of aromatic nitrogens is 2. The standard InChI is InChI=1S/C17H24N4O2/c1-11-13-9-12(17(13,2)3)10-14(11)20-16(23)15(22)18-6-8-21-7-4-5-19-21/h4-5,7,12-14H,1,6,8-10H2,2-3H3,(H,18,22)(H,20,23)/t12-,13+,14?/m1/s1. The monoisotopic (exact) mass is 316 g/mol. The number of rotatable bonds is 4. The van der Waals surface area contributed by atoms with E-state index < -0.39 is 11.8 Å². The molecule has 0 radical (unpaired) electrons. The zero-order valence-corrected chi connectivity index (χ0v) is 13.7. The molecule has 3 atom stereocenters. The largest absolute Gasteiger partial charge is 0.346 e. The number of amides is 2. The van der Waals surface area contributed by atoms with Crippen LogP contribution >= 0.6 is 0 Å². The van der Waals surface area contributed by atoms with Crippen molar-refractivity contribution >= 4 is 11.8 Å². The molecule has 1 aromatic heterocycles. The van der Waals surface area contributed by atoms with Crippen LogP contribution in [0.2, 0.25) is 0 Å². The van der Waals surface area contributed by atoms with E-state index in [1.807, 2.05) is 12.3 Å². The SMILES string of the molecule is C=C1C(NC(=O)C(=O)NCCn2cccn2)C[C@H]2C[C@@H]1C2(C)C. The molecule has 3 fully saturated rings. The van der Waals surface area contributed by atoms with Crippen LogP contribution in [0.15, 0.2) is 30.6 Å². The van der Waals surface area contributed by atoms with Gasteiger partial charge in [0.05, 0.1) is 12.6 Å². The minimum Gasteiger partial charge on any atom is -0.346 e. The summed E-state index contributed by atoms with van der Waals surface area (Å²) in [6.07, 6.45) is 5.53. The molecule has 2 amide bonds. The summed E-state index contributed by atoms with van der Waals surface area (Å²) in [7, 11) is 0. The fourth-order valence-corrected chi connectivity index (χ4v) is 3.90. The molecule has 3 aliphatic carbocycles. The predicted octanol–water partition coefficient (Wildman–Crippen LogP) is 1.11. The average molecular weight is 316 g/mol. The number of hydrogen-bond acceptors (Lipinski definition) is 3. The second-order valence-electron chi connectivity index (χ2n) is 7.17. The quantitative estimate of drug-likeness (QED) is 0.645. The molecule has 0 aliphatic heterocycles. The summed E-state index contributed by atoms with van der Waals surface area (Å²) in [5, 5.41) is 9.50. The van der Waals surface area contributed by atoms with Crippen LogP contribution in [0, 0.1) is 17.3 Å². The Labute approximate surface area is 136 Å². The molecule has 124 valence electrons. The van der Waals surface area contributed by atoms with Crippen molar-refractivity contribution in [2.24, 2.45) is 17.3 Å². The van der Waals surface area contributed by atoms with Crippen molar-refractivity contribution in [3.8, 4) is 0 Å². The highest BCUT2D eigenvalue weighted by Crippen LogP contribution is 2.60. The summed E-state index contributed by atoms with van der Waals surface area (Å²) in [4.78, 5) is 23.9. The zero-order valence-electron chi connectivity index (χ0n) is 13.7. The molecule has 3 saturated carbocycles. The van der Waals surface area contributed by atoms with E-state index in [0.29, 0.717) is 24.9 Å². The number of nitrogens with one attached hydrogen (secondary N) is 2. The number of carbonyl (C=O) groups excluding carboxylic acids is 2. The lowest BCUT2D eigenvalue weighted by atomic mass is 9.46. The van der Waals surface area contributed by atoms with E-state index in [-0.39, 0.29) is 11.5 Å². The first-order valence-corrected chi connectivity index (χ1v) is 8.14. The lowest BCUT2D eigenvalue weighted by molar-refractivity contribution is -0.140. The van der Waals surface area contributed by atoms with Crippen molar-refractivity contribution < 1.29 is 9.59 Å². The van der Waals surface area contributed by atoms with Gasteiger partial charge in [0.1, 0.15) is 0 Å².